The van der Waals surface area contributed by atoms with Crippen LogP contribution in [0.15, 0.2) is 23.6 Å². The minimum atomic E-state index is -0.0125. The molecule has 0 aliphatic heterocycles. The number of benzene rings is 1. The molecule has 120 valence electrons. The first-order valence-corrected chi connectivity index (χ1v) is 8.74. The van der Waals surface area contributed by atoms with Crippen molar-refractivity contribution in [1.29, 1.82) is 0 Å². The van der Waals surface area contributed by atoms with Gasteiger partial charge in [0.05, 0.1) is 6.42 Å². The summed E-state index contributed by atoms with van der Waals surface area (Å²) in [5.41, 5.74) is 1.00. The fourth-order valence-corrected chi connectivity index (χ4v) is 3.61. The van der Waals surface area contributed by atoms with Crippen molar-refractivity contribution in [2.75, 3.05) is 6.54 Å². The van der Waals surface area contributed by atoms with Crippen LogP contribution in [0.1, 0.15) is 11.4 Å². The summed E-state index contributed by atoms with van der Waals surface area (Å²) in [5.74, 6) is 0.810. The van der Waals surface area contributed by atoms with Gasteiger partial charge in [0.15, 0.2) is 4.77 Å². The second-order valence-corrected chi connectivity index (χ2v) is 6.92. The zero-order valence-electron chi connectivity index (χ0n) is 12.4. The Labute approximate surface area is 147 Å². The van der Waals surface area contributed by atoms with Gasteiger partial charge in [0, 0.05) is 29.7 Å². The van der Waals surface area contributed by atoms with E-state index in [1.54, 1.807) is 15.9 Å². The summed E-state index contributed by atoms with van der Waals surface area (Å²) in [7, 11) is 1.85. The summed E-state index contributed by atoms with van der Waals surface area (Å²) in [5, 5.41) is 13.5. The van der Waals surface area contributed by atoms with E-state index in [9.17, 15) is 4.79 Å². The molecule has 0 saturated carbocycles. The van der Waals surface area contributed by atoms with Crippen LogP contribution in [0.4, 0.5) is 0 Å². The molecule has 1 aromatic carbocycles. The first kappa shape index (κ1) is 16.2. The predicted octanol–water partition coefficient (Wildman–Crippen LogP) is 3.25. The number of amides is 1. The van der Waals surface area contributed by atoms with Gasteiger partial charge in [-0.2, -0.15) is 5.10 Å². The van der Waals surface area contributed by atoms with Crippen LogP contribution < -0.4 is 5.32 Å². The van der Waals surface area contributed by atoms with Gasteiger partial charge in [0.1, 0.15) is 5.82 Å². The van der Waals surface area contributed by atoms with E-state index in [4.69, 9.17) is 23.8 Å². The molecule has 0 unspecified atom stereocenters. The summed E-state index contributed by atoms with van der Waals surface area (Å²) in [6.07, 6.45) is 0.977. The Morgan fingerprint density at radius 2 is 2.35 bits per heavy atom. The first-order chi connectivity index (χ1) is 11.0. The number of fused-ring (bicyclic) bond motifs is 1. The number of aromatic amines is 1. The van der Waals surface area contributed by atoms with Crippen molar-refractivity contribution in [1.82, 2.24) is 20.1 Å². The Bertz CT molecular complexity index is 912. The van der Waals surface area contributed by atoms with Crippen molar-refractivity contribution in [3.05, 3.63) is 44.8 Å². The van der Waals surface area contributed by atoms with E-state index in [0.29, 0.717) is 29.2 Å². The molecule has 0 bridgehead atoms. The van der Waals surface area contributed by atoms with Gasteiger partial charge in [-0.25, -0.2) is 0 Å². The summed E-state index contributed by atoms with van der Waals surface area (Å²) in [6.45, 7) is 0.523. The van der Waals surface area contributed by atoms with Crippen LogP contribution in [0.25, 0.3) is 10.1 Å². The Morgan fingerprint density at radius 1 is 1.52 bits per heavy atom. The third-order valence-electron chi connectivity index (χ3n) is 3.61. The highest BCUT2D eigenvalue weighted by Gasteiger charge is 2.10. The fourth-order valence-electron chi connectivity index (χ4n) is 2.34. The molecule has 0 radical (unpaired) electrons. The second kappa shape index (κ2) is 6.82. The van der Waals surface area contributed by atoms with E-state index in [1.807, 2.05) is 30.6 Å². The highest BCUT2D eigenvalue weighted by atomic mass is 35.5. The summed E-state index contributed by atoms with van der Waals surface area (Å²) >= 11 is 12.7. The molecule has 0 spiro atoms. The van der Waals surface area contributed by atoms with Gasteiger partial charge in [-0.15, -0.1) is 11.3 Å². The number of H-pyrrole nitrogens is 1. The number of halogens is 1. The van der Waals surface area contributed by atoms with Gasteiger partial charge in [0.2, 0.25) is 5.91 Å². The third-order valence-corrected chi connectivity index (χ3v) is 5.22. The first-order valence-electron chi connectivity index (χ1n) is 7.07. The Morgan fingerprint density at radius 3 is 3.09 bits per heavy atom. The van der Waals surface area contributed by atoms with Crippen molar-refractivity contribution >= 4 is 51.1 Å². The zero-order chi connectivity index (χ0) is 16.4. The van der Waals surface area contributed by atoms with Crippen molar-refractivity contribution in [3.63, 3.8) is 0 Å². The maximum absolute atomic E-state index is 12.1. The molecule has 5 nitrogen and oxygen atoms in total. The maximum Gasteiger partial charge on any atom is 0.224 e. The molecule has 2 N–H and O–H groups in total. The van der Waals surface area contributed by atoms with Crippen molar-refractivity contribution in [3.8, 4) is 0 Å². The number of aromatic nitrogens is 3. The largest absolute Gasteiger partial charge is 0.355 e. The lowest BCUT2D eigenvalue weighted by atomic mass is 10.1. The molecule has 2 aromatic heterocycles. The quantitative estimate of drug-likeness (QED) is 0.681. The van der Waals surface area contributed by atoms with Crippen LogP contribution in [0.2, 0.25) is 5.02 Å². The van der Waals surface area contributed by atoms with E-state index < -0.39 is 0 Å². The SMILES string of the molecule is Cn1c(CCNC(=O)Cc2csc3ccc(Cl)cc23)n[nH]c1=S. The van der Waals surface area contributed by atoms with E-state index in [0.717, 1.165) is 21.5 Å². The van der Waals surface area contributed by atoms with Crippen LogP contribution in [0.5, 0.6) is 0 Å². The van der Waals surface area contributed by atoms with Gasteiger partial charge >= 0.3 is 0 Å². The van der Waals surface area contributed by atoms with Crippen LogP contribution in [0, 0.1) is 4.77 Å². The van der Waals surface area contributed by atoms with Gasteiger partial charge in [0.25, 0.3) is 0 Å². The van der Waals surface area contributed by atoms with Gasteiger partial charge in [-0.05, 0) is 46.7 Å². The van der Waals surface area contributed by atoms with Crippen LogP contribution in [-0.4, -0.2) is 27.2 Å². The Kier molecular flexibility index (Phi) is 4.79. The molecule has 8 heteroatoms. The van der Waals surface area contributed by atoms with Gasteiger partial charge in [-0.1, -0.05) is 11.6 Å². The number of hydrogen-bond donors (Lipinski definition) is 2. The standard InChI is InChI=1S/C15H15ClN4OS2/c1-20-13(18-19-15(20)22)4-5-17-14(21)6-9-8-23-12-3-2-10(16)7-11(9)12/h2-3,7-8H,4-6H2,1H3,(H,17,21)(H,19,22). The average Bonchev–Trinajstić information content (AvgIpc) is 3.05. The maximum atomic E-state index is 12.1. The molecule has 23 heavy (non-hydrogen) atoms. The zero-order valence-corrected chi connectivity index (χ0v) is 14.8. The lowest BCUT2D eigenvalue weighted by Crippen LogP contribution is -2.27. The molecule has 0 fully saturated rings. The molecule has 3 rings (SSSR count). The lowest BCUT2D eigenvalue weighted by molar-refractivity contribution is -0.120. The summed E-state index contributed by atoms with van der Waals surface area (Å²) < 4.78 is 3.52. The smallest absolute Gasteiger partial charge is 0.224 e. The van der Waals surface area contributed by atoms with Gasteiger partial charge in [-0.3, -0.25) is 9.89 Å². The van der Waals surface area contributed by atoms with Crippen LogP contribution >= 0.6 is 35.2 Å². The number of nitrogens with one attached hydrogen (secondary N) is 2. The normalized spacial score (nSPS) is 11.0. The average molecular weight is 367 g/mol. The number of rotatable bonds is 5. The summed E-state index contributed by atoms with van der Waals surface area (Å²) in [6, 6.07) is 5.75. The van der Waals surface area contributed by atoms with E-state index in [-0.39, 0.29) is 5.91 Å². The summed E-state index contributed by atoms with van der Waals surface area (Å²) in [4.78, 5) is 12.1. The number of thiophene rings is 1. The van der Waals surface area contributed by atoms with Crippen molar-refractivity contribution in [2.45, 2.75) is 12.8 Å². The topological polar surface area (TPSA) is 62.7 Å². The minimum absolute atomic E-state index is 0.0125. The van der Waals surface area contributed by atoms with Crippen molar-refractivity contribution in [2.24, 2.45) is 7.05 Å². The molecule has 1 amide bonds. The molecule has 0 saturated heterocycles. The van der Waals surface area contributed by atoms with E-state index in [2.05, 4.69) is 15.5 Å². The third kappa shape index (κ3) is 3.63. The molecular weight excluding hydrogens is 352 g/mol. The predicted molar refractivity (Wildman–Crippen MR) is 95.6 cm³/mol. The second-order valence-electron chi connectivity index (χ2n) is 5.18. The Balaban J connectivity index is 1.59. The monoisotopic (exact) mass is 366 g/mol. The molecule has 0 atom stereocenters. The van der Waals surface area contributed by atoms with Crippen molar-refractivity contribution < 1.29 is 4.79 Å². The number of carbonyl (C=O) groups excluding carboxylic acids is 1. The lowest BCUT2D eigenvalue weighted by Gasteiger charge is -2.05. The highest BCUT2D eigenvalue weighted by molar-refractivity contribution is 7.71. The molecule has 3 aromatic rings. The highest BCUT2D eigenvalue weighted by Crippen LogP contribution is 2.28. The van der Waals surface area contributed by atoms with E-state index >= 15 is 0 Å². The van der Waals surface area contributed by atoms with Crippen LogP contribution in [0.3, 0.4) is 0 Å². The Hall–Kier alpha value is -1.70. The number of hydrogen-bond acceptors (Lipinski definition) is 4. The van der Waals surface area contributed by atoms with Gasteiger partial charge < -0.3 is 9.88 Å². The molecule has 0 aliphatic carbocycles. The van der Waals surface area contributed by atoms with Crippen LogP contribution in [-0.2, 0) is 24.7 Å². The molecular formula is C15H15ClN4OS2. The fraction of sp³-hybridized carbons (Fsp3) is 0.267. The minimum Gasteiger partial charge on any atom is -0.355 e. The number of nitrogens with zero attached hydrogens (tertiary/aromatic N) is 2. The molecule has 2 heterocycles. The van der Waals surface area contributed by atoms with E-state index in [1.165, 1.54) is 0 Å². The number of carbonyl (C=O) groups is 1. The molecule has 0 aliphatic rings.